The number of hydrogen-bond donors (Lipinski definition) is 1. The van der Waals surface area contributed by atoms with Crippen molar-refractivity contribution in [3.63, 3.8) is 0 Å². The third kappa shape index (κ3) is 2.73. The van der Waals surface area contributed by atoms with E-state index in [9.17, 15) is 8.42 Å². The van der Waals surface area contributed by atoms with Gasteiger partial charge < -0.3 is 4.57 Å². The van der Waals surface area contributed by atoms with Gasteiger partial charge in [0.15, 0.2) is 0 Å². The van der Waals surface area contributed by atoms with Gasteiger partial charge >= 0.3 is 0 Å². The van der Waals surface area contributed by atoms with Gasteiger partial charge in [-0.3, -0.25) is 0 Å². The molecule has 5 nitrogen and oxygen atoms in total. The second kappa shape index (κ2) is 5.27. The zero-order chi connectivity index (χ0) is 15.0. The number of aromatic nitrogens is 2. The van der Waals surface area contributed by atoms with Crippen LogP contribution in [-0.2, 0) is 23.5 Å². The van der Waals surface area contributed by atoms with Gasteiger partial charge in [-0.25, -0.2) is 18.1 Å². The molecule has 1 fully saturated rings. The molecule has 6 heteroatoms. The normalized spacial score (nSPS) is 21.4. The minimum absolute atomic E-state index is 0.0321. The van der Waals surface area contributed by atoms with E-state index in [4.69, 9.17) is 0 Å². The average Bonchev–Trinajstić information content (AvgIpc) is 3.07. The highest BCUT2D eigenvalue weighted by molar-refractivity contribution is 7.89. The maximum absolute atomic E-state index is 12.5. The van der Waals surface area contributed by atoms with Crippen LogP contribution in [0.15, 0.2) is 41.7 Å². The zero-order valence-corrected chi connectivity index (χ0v) is 13.0. The third-order valence-corrected chi connectivity index (χ3v) is 5.56. The molecule has 3 rings (SSSR count). The smallest absolute Gasteiger partial charge is 0.241 e. The maximum Gasteiger partial charge on any atom is 0.241 e. The Morgan fingerprint density at radius 1 is 1.38 bits per heavy atom. The van der Waals surface area contributed by atoms with Gasteiger partial charge in [0.1, 0.15) is 0 Å². The number of nitrogens with zero attached hydrogens (tertiary/aromatic N) is 2. The Morgan fingerprint density at radius 3 is 2.81 bits per heavy atom. The fraction of sp³-hybridized carbons (Fsp3) is 0.400. The maximum atomic E-state index is 12.5. The van der Waals surface area contributed by atoms with E-state index in [0.29, 0.717) is 11.3 Å². The van der Waals surface area contributed by atoms with Crippen molar-refractivity contribution in [2.75, 3.05) is 0 Å². The lowest BCUT2D eigenvalue weighted by Crippen LogP contribution is -2.27. The minimum Gasteiger partial charge on any atom is -0.337 e. The lowest BCUT2D eigenvalue weighted by atomic mass is 10.2. The molecule has 0 saturated heterocycles. The van der Waals surface area contributed by atoms with Gasteiger partial charge in [0, 0.05) is 30.9 Å². The third-order valence-electron chi connectivity index (χ3n) is 3.97. The monoisotopic (exact) mass is 305 g/mol. The van der Waals surface area contributed by atoms with Crippen molar-refractivity contribution in [2.45, 2.75) is 36.6 Å². The number of hydrogen-bond acceptors (Lipinski definition) is 3. The molecule has 0 spiro atoms. The quantitative estimate of drug-likeness (QED) is 0.916. The zero-order valence-electron chi connectivity index (χ0n) is 12.2. The Hall–Kier alpha value is -1.66. The number of nitrogens with one attached hydrogen (secondary N) is 1. The van der Waals surface area contributed by atoms with Crippen molar-refractivity contribution in [2.24, 2.45) is 7.05 Å². The largest absolute Gasteiger partial charge is 0.337 e. The van der Waals surface area contributed by atoms with Gasteiger partial charge in [-0.15, -0.1) is 0 Å². The molecule has 0 radical (unpaired) electrons. The summed E-state index contributed by atoms with van der Waals surface area (Å²) in [6, 6.07) is 7.13. The van der Waals surface area contributed by atoms with Gasteiger partial charge in [0.25, 0.3) is 0 Å². The van der Waals surface area contributed by atoms with E-state index in [2.05, 4.69) is 9.71 Å². The molecule has 2 aromatic rings. The molecule has 112 valence electrons. The number of rotatable bonds is 5. The lowest BCUT2D eigenvalue weighted by Gasteiger charge is -2.10. The van der Waals surface area contributed by atoms with Crippen molar-refractivity contribution in [3.8, 4) is 0 Å². The predicted molar refractivity (Wildman–Crippen MR) is 80.5 cm³/mol. The standard InChI is InChI=1S/C15H19N3O2S/c1-3-11-6-4-5-7-15(11)21(19,20)17-13-8-12(13)14-9-16-10-18(14)2/h4-7,9-10,12-13,17H,3,8H2,1-2H3/t12-,13-/m1/s1. The van der Waals surface area contributed by atoms with E-state index in [1.54, 1.807) is 24.7 Å². The van der Waals surface area contributed by atoms with E-state index < -0.39 is 10.0 Å². The molecule has 0 aliphatic heterocycles. The van der Waals surface area contributed by atoms with Crippen LogP contribution in [0.4, 0.5) is 0 Å². The number of benzene rings is 1. The molecule has 21 heavy (non-hydrogen) atoms. The van der Waals surface area contributed by atoms with Crippen molar-refractivity contribution in [1.29, 1.82) is 0 Å². The summed E-state index contributed by atoms with van der Waals surface area (Å²) in [5.74, 6) is 0.223. The highest BCUT2D eigenvalue weighted by Gasteiger charge is 2.43. The first-order valence-electron chi connectivity index (χ1n) is 7.09. The van der Waals surface area contributed by atoms with Crippen molar-refractivity contribution in [3.05, 3.63) is 48.0 Å². The number of sulfonamides is 1. The molecule has 1 N–H and O–H groups in total. The van der Waals surface area contributed by atoms with Gasteiger partial charge in [-0.05, 0) is 24.5 Å². The van der Waals surface area contributed by atoms with Crippen LogP contribution in [0.25, 0.3) is 0 Å². The summed E-state index contributed by atoms with van der Waals surface area (Å²) in [6.45, 7) is 1.96. The van der Waals surface area contributed by atoms with Crippen molar-refractivity contribution in [1.82, 2.24) is 14.3 Å². The summed E-state index contributed by atoms with van der Waals surface area (Å²) in [7, 11) is -1.53. The molecule has 0 bridgehead atoms. The summed E-state index contributed by atoms with van der Waals surface area (Å²) < 4.78 is 29.8. The van der Waals surface area contributed by atoms with Crippen LogP contribution in [0.3, 0.4) is 0 Å². The van der Waals surface area contributed by atoms with Gasteiger partial charge in [0.2, 0.25) is 10.0 Å². The van der Waals surface area contributed by atoms with Crippen molar-refractivity contribution >= 4 is 10.0 Å². The molecule has 1 aromatic carbocycles. The number of imidazole rings is 1. The summed E-state index contributed by atoms with van der Waals surface area (Å²) in [5.41, 5.74) is 1.93. The molecule has 1 aliphatic carbocycles. The lowest BCUT2D eigenvalue weighted by molar-refractivity contribution is 0.578. The Morgan fingerprint density at radius 2 is 2.14 bits per heavy atom. The van der Waals surface area contributed by atoms with Gasteiger partial charge in [-0.2, -0.15) is 0 Å². The van der Waals surface area contributed by atoms with E-state index >= 15 is 0 Å². The Bertz CT molecular complexity index is 752. The minimum atomic E-state index is -3.46. The Kier molecular flexibility index (Phi) is 3.59. The fourth-order valence-corrected chi connectivity index (χ4v) is 4.30. The van der Waals surface area contributed by atoms with Crippen LogP contribution in [0.5, 0.6) is 0 Å². The Labute approximate surface area is 125 Å². The van der Waals surface area contributed by atoms with Crippen LogP contribution in [0, 0.1) is 0 Å². The summed E-state index contributed by atoms with van der Waals surface area (Å²) >= 11 is 0. The second-order valence-electron chi connectivity index (χ2n) is 5.46. The van der Waals surface area contributed by atoms with E-state index in [1.165, 1.54) is 0 Å². The molecule has 2 atom stereocenters. The van der Waals surface area contributed by atoms with E-state index in [0.717, 1.165) is 17.7 Å². The van der Waals surface area contributed by atoms with E-state index in [1.807, 2.05) is 30.7 Å². The molecule has 1 saturated carbocycles. The first-order chi connectivity index (χ1) is 10.0. The molecular formula is C15H19N3O2S. The highest BCUT2D eigenvalue weighted by atomic mass is 32.2. The Balaban J connectivity index is 1.78. The highest BCUT2D eigenvalue weighted by Crippen LogP contribution is 2.41. The molecule has 1 heterocycles. The summed E-state index contributed by atoms with van der Waals surface area (Å²) in [5, 5.41) is 0. The van der Waals surface area contributed by atoms with Crippen LogP contribution in [0.1, 0.15) is 30.5 Å². The first kappa shape index (κ1) is 14.3. The summed E-state index contributed by atoms with van der Waals surface area (Å²) in [6.07, 6.45) is 5.07. The van der Waals surface area contributed by atoms with Crippen LogP contribution >= 0.6 is 0 Å². The summed E-state index contributed by atoms with van der Waals surface area (Å²) in [4.78, 5) is 4.48. The van der Waals surface area contributed by atoms with E-state index in [-0.39, 0.29) is 12.0 Å². The molecule has 1 aliphatic rings. The molecule has 0 amide bonds. The molecule has 0 unspecified atom stereocenters. The predicted octanol–water partition coefficient (Wildman–Crippen LogP) is 1.82. The van der Waals surface area contributed by atoms with Crippen LogP contribution in [0.2, 0.25) is 0 Å². The SMILES string of the molecule is CCc1ccccc1S(=O)(=O)N[C@@H]1C[C@H]1c1cncn1C. The average molecular weight is 305 g/mol. The number of aryl methyl sites for hydroxylation is 2. The van der Waals surface area contributed by atoms with Gasteiger partial charge in [-0.1, -0.05) is 25.1 Å². The van der Waals surface area contributed by atoms with Gasteiger partial charge in [0.05, 0.1) is 11.2 Å². The fourth-order valence-electron chi connectivity index (χ4n) is 2.70. The molecular weight excluding hydrogens is 286 g/mol. The topological polar surface area (TPSA) is 64.0 Å². The van der Waals surface area contributed by atoms with Crippen LogP contribution < -0.4 is 4.72 Å². The van der Waals surface area contributed by atoms with Crippen molar-refractivity contribution < 1.29 is 8.42 Å². The van der Waals surface area contributed by atoms with Crippen LogP contribution in [-0.4, -0.2) is 24.0 Å². The first-order valence-corrected chi connectivity index (χ1v) is 8.57. The molecule has 1 aromatic heterocycles. The second-order valence-corrected chi connectivity index (χ2v) is 7.14.